The van der Waals surface area contributed by atoms with Gasteiger partial charge in [-0.3, -0.25) is 9.59 Å². The standard InChI is InChI=1S/C33H32ClFN4O5S/c1-4-11-42-27-18-26(24(35)17-23(27)34)39-25-10-6-5-9-22(25)29(38-39)32(41)44-13-8-7-12-43-30-20(3)14-19(2)15-21(30)16-28-31(40)37-33(36)45-28/h1,14-18,22,25,29,38H,5-6,9-13H2,2-3H3,(H2,36,37,40). The molecule has 5 rings (SSSR count). The van der Waals surface area contributed by atoms with Gasteiger partial charge < -0.3 is 25.0 Å². The predicted octanol–water partition coefficient (Wildman–Crippen LogP) is 4.91. The van der Waals surface area contributed by atoms with Crippen molar-refractivity contribution in [2.24, 2.45) is 16.6 Å². The number of fused-ring (bicyclic) bond motifs is 1. The number of carbonyl (C=O) groups is 2. The number of halogens is 2. The number of anilines is 1. The summed E-state index contributed by atoms with van der Waals surface area (Å²) < 4.78 is 32.1. The van der Waals surface area contributed by atoms with Crippen LogP contribution < -0.4 is 25.6 Å². The van der Waals surface area contributed by atoms with Crippen molar-refractivity contribution >= 4 is 52.2 Å². The molecule has 1 amide bonds. The summed E-state index contributed by atoms with van der Waals surface area (Å²) in [7, 11) is 0. The smallest absolute Gasteiger partial charge is 0.326 e. The van der Waals surface area contributed by atoms with Gasteiger partial charge in [0.25, 0.3) is 5.91 Å². The Bertz CT molecular complexity index is 1680. The second-order valence-corrected chi connectivity index (χ2v) is 12.3. The van der Waals surface area contributed by atoms with E-state index in [9.17, 15) is 9.59 Å². The molecule has 3 N–H and O–H groups in total. The lowest BCUT2D eigenvalue weighted by Gasteiger charge is -2.32. The number of benzene rings is 2. The lowest BCUT2D eigenvalue weighted by Crippen LogP contribution is -2.43. The van der Waals surface area contributed by atoms with E-state index in [2.05, 4.69) is 28.2 Å². The molecular formula is C33H32ClFN4O5S. The third kappa shape index (κ3) is 7.39. The molecule has 2 fully saturated rings. The van der Waals surface area contributed by atoms with Crippen LogP contribution in [0.2, 0.25) is 5.02 Å². The number of rotatable bonds is 8. The molecule has 3 aliphatic rings. The van der Waals surface area contributed by atoms with Crippen molar-refractivity contribution in [2.45, 2.75) is 51.6 Å². The molecular weight excluding hydrogens is 619 g/mol. The number of amides is 1. The van der Waals surface area contributed by atoms with Gasteiger partial charge in [0, 0.05) is 17.5 Å². The van der Waals surface area contributed by atoms with E-state index in [0.29, 0.717) is 16.2 Å². The summed E-state index contributed by atoms with van der Waals surface area (Å²) >= 11 is 7.27. The number of ether oxygens (including phenoxy) is 3. The van der Waals surface area contributed by atoms with E-state index >= 15 is 4.39 Å². The average Bonchev–Trinajstić information content (AvgIpc) is 3.54. The summed E-state index contributed by atoms with van der Waals surface area (Å²) in [5.41, 5.74) is 11.7. The fraction of sp³-hybridized carbons (Fsp3) is 0.364. The summed E-state index contributed by atoms with van der Waals surface area (Å²) in [4.78, 5) is 29.4. The Morgan fingerprint density at radius 3 is 2.73 bits per heavy atom. The number of aliphatic imine (C=N–C) groups is 1. The van der Waals surface area contributed by atoms with Gasteiger partial charge in [0.1, 0.15) is 36.6 Å². The average molecular weight is 651 g/mol. The van der Waals surface area contributed by atoms with Gasteiger partial charge in [0.15, 0.2) is 11.8 Å². The van der Waals surface area contributed by atoms with Crippen molar-refractivity contribution in [2.75, 3.05) is 24.8 Å². The summed E-state index contributed by atoms with van der Waals surface area (Å²) in [6.07, 6.45) is 10.5. The number of thioether (sulfide) groups is 1. The van der Waals surface area contributed by atoms with E-state index in [0.717, 1.165) is 48.6 Å². The monoisotopic (exact) mass is 650 g/mol. The van der Waals surface area contributed by atoms with Gasteiger partial charge in [-0.15, -0.1) is 6.42 Å². The molecule has 3 unspecified atom stereocenters. The van der Waals surface area contributed by atoms with Crippen LogP contribution in [0.3, 0.4) is 0 Å². The predicted molar refractivity (Wildman–Crippen MR) is 173 cm³/mol. The highest BCUT2D eigenvalue weighted by Crippen LogP contribution is 2.41. The number of hydrogen-bond donors (Lipinski definition) is 2. The van der Waals surface area contributed by atoms with Gasteiger partial charge >= 0.3 is 5.97 Å². The molecule has 1 saturated heterocycles. The molecule has 0 bridgehead atoms. The number of aryl methyl sites for hydroxylation is 2. The van der Waals surface area contributed by atoms with E-state index in [-0.39, 0.29) is 59.3 Å². The minimum absolute atomic E-state index is 0.0137. The number of terminal acetylenes is 1. The highest BCUT2D eigenvalue weighted by Gasteiger charge is 2.47. The van der Waals surface area contributed by atoms with Crippen LogP contribution in [0.4, 0.5) is 10.1 Å². The van der Waals surface area contributed by atoms with Crippen LogP contribution in [-0.2, 0) is 14.3 Å². The van der Waals surface area contributed by atoms with Crippen molar-refractivity contribution in [3.63, 3.8) is 0 Å². The zero-order valence-corrected chi connectivity index (χ0v) is 26.4. The number of carbonyl (C=O) groups excluding carboxylic acids is 2. The van der Waals surface area contributed by atoms with E-state index in [1.807, 2.05) is 26.0 Å². The SMILES string of the molecule is C#CCOc1cc(N2NC(C(=O)OCC#CCOc3c(C)cc(C)cc3C=C3SC(N)=NC3=O)C3CCCCC32)c(F)cc1Cl. The Labute approximate surface area is 270 Å². The summed E-state index contributed by atoms with van der Waals surface area (Å²) in [5, 5.41) is 2.01. The third-order valence-corrected chi connectivity index (χ3v) is 8.83. The molecule has 0 aromatic heterocycles. The minimum Gasteiger partial charge on any atom is -0.480 e. The van der Waals surface area contributed by atoms with Crippen molar-refractivity contribution < 1.29 is 28.2 Å². The Hall–Kier alpha value is -4.16. The van der Waals surface area contributed by atoms with Crippen LogP contribution >= 0.6 is 23.4 Å². The van der Waals surface area contributed by atoms with Gasteiger partial charge in [0.05, 0.1) is 21.7 Å². The van der Waals surface area contributed by atoms with Crippen molar-refractivity contribution in [3.05, 3.63) is 56.7 Å². The van der Waals surface area contributed by atoms with Gasteiger partial charge in [-0.05, 0) is 62.2 Å². The third-order valence-electron chi connectivity index (χ3n) is 7.72. The summed E-state index contributed by atoms with van der Waals surface area (Å²) in [6.45, 7) is 3.75. The number of hydrogen-bond acceptors (Lipinski definition) is 9. The normalized spacial score (nSPS) is 21.4. The topological polar surface area (TPSA) is 115 Å². The summed E-state index contributed by atoms with van der Waals surface area (Å²) in [5.74, 6) is 7.45. The quantitative estimate of drug-likeness (QED) is 0.234. The van der Waals surface area contributed by atoms with E-state index in [4.69, 9.17) is 38.0 Å². The molecule has 0 radical (unpaired) electrons. The molecule has 234 valence electrons. The zero-order chi connectivity index (χ0) is 32.1. The van der Waals surface area contributed by atoms with Crippen LogP contribution in [0.25, 0.3) is 6.08 Å². The number of esters is 1. The lowest BCUT2D eigenvalue weighted by molar-refractivity contribution is -0.145. The fourth-order valence-electron chi connectivity index (χ4n) is 5.87. The number of nitrogens with zero attached hydrogens (tertiary/aromatic N) is 2. The molecule has 9 nitrogen and oxygen atoms in total. The summed E-state index contributed by atoms with van der Waals surface area (Å²) in [6, 6.07) is 5.77. The number of nitrogens with one attached hydrogen (secondary N) is 1. The minimum atomic E-state index is -0.668. The highest BCUT2D eigenvalue weighted by molar-refractivity contribution is 8.18. The van der Waals surface area contributed by atoms with Gasteiger partial charge in [-0.1, -0.05) is 53.8 Å². The first-order valence-corrected chi connectivity index (χ1v) is 15.6. The first kappa shape index (κ1) is 32.2. The second-order valence-electron chi connectivity index (χ2n) is 10.8. The molecule has 2 aromatic carbocycles. The van der Waals surface area contributed by atoms with E-state index in [1.165, 1.54) is 12.1 Å². The van der Waals surface area contributed by atoms with Crippen LogP contribution in [0.15, 0.2) is 34.2 Å². The van der Waals surface area contributed by atoms with Gasteiger partial charge in [-0.25, -0.2) is 9.82 Å². The number of hydrazine groups is 1. The number of nitrogens with two attached hydrogens (primary N) is 1. The Morgan fingerprint density at radius 2 is 1.98 bits per heavy atom. The molecule has 1 saturated carbocycles. The van der Waals surface area contributed by atoms with E-state index in [1.54, 1.807) is 11.1 Å². The van der Waals surface area contributed by atoms with Crippen LogP contribution in [0.1, 0.15) is 42.4 Å². The Kier molecular flexibility index (Phi) is 10.2. The van der Waals surface area contributed by atoms with Crippen LogP contribution in [0.5, 0.6) is 11.5 Å². The molecule has 1 aliphatic carbocycles. The first-order valence-electron chi connectivity index (χ1n) is 14.4. The first-order chi connectivity index (χ1) is 21.7. The number of amidine groups is 1. The molecule has 3 atom stereocenters. The van der Waals surface area contributed by atoms with Crippen LogP contribution in [-0.4, -0.2) is 48.9 Å². The van der Waals surface area contributed by atoms with Crippen molar-refractivity contribution in [1.82, 2.24) is 5.43 Å². The van der Waals surface area contributed by atoms with E-state index < -0.39 is 17.8 Å². The molecule has 12 heteroatoms. The second kappa shape index (κ2) is 14.3. The Balaban J connectivity index is 1.21. The maximum atomic E-state index is 15.1. The molecule has 0 spiro atoms. The largest absolute Gasteiger partial charge is 0.480 e. The van der Waals surface area contributed by atoms with Gasteiger partial charge in [-0.2, -0.15) is 4.99 Å². The Morgan fingerprint density at radius 1 is 1.20 bits per heavy atom. The van der Waals surface area contributed by atoms with Crippen molar-refractivity contribution in [1.29, 1.82) is 0 Å². The molecule has 2 aromatic rings. The van der Waals surface area contributed by atoms with Gasteiger partial charge in [0.2, 0.25) is 0 Å². The highest BCUT2D eigenvalue weighted by atomic mass is 35.5. The zero-order valence-electron chi connectivity index (χ0n) is 24.8. The maximum absolute atomic E-state index is 15.1. The molecule has 2 aliphatic heterocycles. The molecule has 2 heterocycles. The maximum Gasteiger partial charge on any atom is 0.326 e. The fourth-order valence-corrected chi connectivity index (χ4v) is 6.74. The molecule has 45 heavy (non-hydrogen) atoms. The van der Waals surface area contributed by atoms with Crippen LogP contribution in [0, 0.1) is 49.8 Å². The lowest BCUT2D eigenvalue weighted by atomic mass is 9.81. The van der Waals surface area contributed by atoms with Crippen molar-refractivity contribution in [3.8, 4) is 35.7 Å².